The zero-order valence-corrected chi connectivity index (χ0v) is 14.8. The summed E-state index contributed by atoms with van der Waals surface area (Å²) in [6.45, 7) is 3.28. The molecule has 5 rings (SSSR count). The van der Waals surface area contributed by atoms with Crippen LogP contribution in [0.2, 0.25) is 0 Å². The fourth-order valence-electron chi connectivity index (χ4n) is 3.93. The number of fused-ring (bicyclic) bond motifs is 4. The quantitative estimate of drug-likeness (QED) is 0.614. The summed E-state index contributed by atoms with van der Waals surface area (Å²) in [4.78, 5) is 38.6. The molecule has 3 saturated heterocycles. The molecule has 6 nitrogen and oxygen atoms in total. The van der Waals surface area contributed by atoms with E-state index in [1.54, 1.807) is 24.4 Å². The monoisotopic (exact) mass is 352 g/mol. The van der Waals surface area contributed by atoms with E-state index in [9.17, 15) is 14.4 Å². The molecular weight excluding hydrogens is 332 g/mol. The Morgan fingerprint density at radius 3 is 2.58 bits per heavy atom. The highest BCUT2D eigenvalue weighted by molar-refractivity contribution is 6.06. The van der Waals surface area contributed by atoms with Gasteiger partial charge in [0.1, 0.15) is 0 Å². The molecule has 2 aromatic rings. The molecule has 1 aromatic carbocycles. The molecule has 1 aromatic heterocycles. The van der Waals surface area contributed by atoms with Gasteiger partial charge in [0.25, 0.3) is 0 Å². The highest BCUT2D eigenvalue weighted by Crippen LogP contribution is 2.34. The average molecular weight is 352 g/mol. The fourth-order valence-corrected chi connectivity index (χ4v) is 3.93. The smallest absolute Gasteiger partial charge is 0.337 e. The lowest BCUT2D eigenvalue weighted by Gasteiger charge is -2.41. The maximum Gasteiger partial charge on any atom is 0.337 e. The first-order valence-electron chi connectivity index (χ1n) is 8.75. The zero-order valence-electron chi connectivity index (χ0n) is 14.8. The van der Waals surface area contributed by atoms with Crippen LogP contribution in [-0.2, 0) is 9.53 Å². The van der Waals surface area contributed by atoms with E-state index in [2.05, 4.69) is 4.90 Å². The summed E-state index contributed by atoms with van der Waals surface area (Å²) in [7, 11) is 1.32. The van der Waals surface area contributed by atoms with Gasteiger partial charge in [0, 0.05) is 43.1 Å². The Morgan fingerprint density at radius 2 is 1.96 bits per heavy atom. The van der Waals surface area contributed by atoms with Crippen LogP contribution in [0.5, 0.6) is 0 Å². The van der Waals surface area contributed by atoms with Gasteiger partial charge in [0.05, 0.1) is 23.9 Å². The minimum Gasteiger partial charge on any atom is -0.465 e. The molecule has 4 heterocycles. The summed E-state index contributed by atoms with van der Waals surface area (Å²) >= 11 is 0. The maximum absolute atomic E-state index is 12.6. The molecule has 0 aliphatic carbocycles. The summed E-state index contributed by atoms with van der Waals surface area (Å²) in [5.41, 5.74) is 2.56. The lowest BCUT2D eigenvalue weighted by molar-refractivity contribution is -0.125. The Morgan fingerprint density at radius 1 is 1.23 bits per heavy atom. The Kier molecular flexibility index (Phi) is 3.90. The Balaban J connectivity index is 1.86. The first-order chi connectivity index (χ1) is 12.5. The molecule has 6 heteroatoms. The molecule has 0 N–H and O–H groups in total. The zero-order chi connectivity index (χ0) is 18.4. The summed E-state index contributed by atoms with van der Waals surface area (Å²) in [5, 5.41) is 0.829. The molecule has 0 unspecified atom stereocenters. The largest absolute Gasteiger partial charge is 0.465 e. The average Bonchev–Trinajstić information content (AvgIpc) is 3.02. The van der Waals surface area contributed by atoms with E-state index in [1.807, 2.05) is 6.08 Å². The second-order valence-electron chi connectivity index (χ2n) is 6.85. The predicted molar refractivity (Wildman–Crippen MR) is 96.9 cm³/mol. The van der Waals surface area contributed by atoms with Gasteiger partial charge in [-0.15, -0.1) is 0 Å². The first-order valence-corrected chi connectivity index (χ1v) is 8.75. The topological polar surface area (TPSA) is 68.6 Å². The van der Waals surface area contributed by atoms with Gasteiger partial charge in [-0.25, -0.2) is 4.79 Å². The van der Waals surface area contributed by atoms with E-state index in [-0.39, 0.29) is 17.6 Å². The number of methoxy groups -OCH3 is 1. The van der Waals surface area contributed by atoms with Crippen LogP contribution >= 0.6 is 0 Å². The van der Waals surface area contributed by atoms with Crippen LogP contribution in [0.1, 0.15) is 40.5 Å². The van der Waals surface area contributed by atoms with Gasteiger partial charge in [0.2, 0.25) is 5.91 Å². The number of Topliss-reactive ketones (excluding diaryl/α,β-unsaturated/α-hetero) is 1. The molecule has 0 atom stereocenters. The number of carbonyl (C=O) groups excluding carboxylic acids is 3. The Hall–Kier alpha value is -2.89. The van der Waals surface area contributed by atoms with Crippen molar-refractivity contribution in [3.05, 3.63) is 41.2 Å². The number of benzene rings is 1. The first kappa shape index (κ1) is 16.6. The highest BCUT2D eigenvalue weighted by atomic mass is 16.5. The number of carbonyl (C=O) groups is 3. The number of ketones is 1. The number of nitrogens with zero attached hydrogens (tertiary/aromatic N) is 2. The van der Waals surface area contributed by atoms with Gasteiger partial charge in [-0.05, 0) is 31.1 Å². The Bertz CT molecular complexity index is 962. The standard InChI is InChI=1S/C20H20N2O4/c1-12(23)22-11-15(10-18-19(24)13-5-7-21(18)8-6-13)16-4-3-14(9-17(16)22)20(25)26-2/h3-4,9-11,13H,5-8H2,1-2H3/b18-10-. The molecule has 2 bridgehead atoms. The number of hydrogen-bond acceptors (Lipinski definition) is 5. The number of aromatic nitrogens is 1. The van der Waals surface area contributed by atoms with Crippen molar-refractivity contribution in [1.29, 1.82) is 0 Å². The van der Waals surface area contributed by atoms with Crippen LogP contribution in [0.4, 0.5) is 0 Å². The van der Waals surface area contributed by atoms with Gasteiger partial charge in [-0.3, -0.25) is 14.2 Å². The minimum absolute atomic E-state index is 0.123. The molecule has 134 valence electrons. The van der Waals surface area contributed by atoms with E-state index >= 15 is 0 Å². The van der Waals surface area contributed by atoms with Gasteiger partial charge in [-0.2, -0.15) is 0 Å². The maximum atomic E-state index is 12.6. The van der Waals surface area contributed by atoms with Crippen molar-refractivity contribution in [2.75, 3.05) is 20.2 Å². The van der Waals surface area contributed by atoms with E-state index in [0.717, 1.165) is 42.6 Å². The fraction of sp³-hybridized carbons (Fsp3) is 0.350. The molecule has 0 spiro atoms. The van der Waals surface area contributed by atoms with E-state index in [4.69, 9.17) is 4.74 Å². The van der Waals surface area contributed by atoms with Crippen LogP contribution in [0, 0.1) is 5.92 Å². The summed E-state index contributed by atoms with van der Waals surface area (Å²) in [6.07, 6.45) is 5.46. The van der Waals surface area contributed by atoms with Crippen molar-refractivity contribution in [3.63, 3.8) is 0 Å². The van der Waals surface area contributed by atoms with Gasteiger partial charge < -0.3 is 9.64 Å². The third-order valence-electron chi connectivity index (χ3n) is 5.35. The minimum atomic E-state index is -0.450. The molecule has 0 saturated carbocycles. The number of ether oxygens (including phenoxy) is 1. The van der Waals surface area contributed by atoms with Gasteiger partial charge in [0.15, 0.2) is 5.78 Å². The van der Waals surface area contributed by atoms with Gasteiger partial charge >= 0.3 is 5.97 Å². The molecule has 0 radical (unpaired) electrons. The number of rotatable bonds is 2. The van der Waals surface area contributed by atoms with Crippen molar-refractivity contribution < 1.29 is 19.1 Å². The summed E-state index contributed by atoms with van der Waals surface area (Å²) in [6, 6.07) is 5.13. The molecule has 3 aliphatic heterocycles. The third-order valence-corrected chi connectivity index (χ3v) is 5.35. The van der Waals surface area contributed by atoms with Crippen LogP contribution in [-0.4, -0.2) is 47.3 Å². The predicted octanol–water partition coefficient (Wildman–Crippen LogP) is 2.72. The summed E-state index contributed by atoms with van der Waals surface area (Å²) in [5.74, 6) is -0.289. The van der Waals surface area contributed by atoms with Crippen molar-refractivity contribution in [2.45, 2.75) is 19.8 Å². The van der Waals surface area contributed by atoms with Crippen LogP contribution < -0.4 is 0 Å². The number of allylic oxidation sites excluding steroid dienone is 1. The molecular formula is C20H20N2O4. The highest BCUT2D eigenvalue weighted by Gasteiger charge is 2.36. The molecule has 3 aliphatic rings. The normalized spacial score (nSPS) is 18.8. The number of piperidine rings is 3. The molecule has 3 fully saturated rings. The second-order valence-corrected chi connectivity index (χ2v) is 6.85. The van der Waals surface area contributed by atoms with Gasteiger partial charge in [-0.1, -0.05) is 6.07 Å². The van der Waals surface area contributed by atoms with Crippen LogP contribution in [0.15, 0.2) is 30.1 Å². The van der Waals surface area contributed by atoms with E-state index < -0.39 is 5.97 Å². The lowest BCUT2D eigenvalue weighted by atomic mass is 9.84. The Labute approximate surface area is 151 Å². The van der Waals surface area contributed by atoms with Crippen molar-refractivity contribution in [2.24, 2.45) is 5.92 Å². The van der Waals surface area contributed by atoms with Crippen LogP contribution in [0.3, 0.4) is 0 Å². The number of hydrogen-bond donors (Lipinski definition) is 0. The third kappa shape index (κ3) is 2.53. The SMILES string of the molecule is COC(=O)c1ccc2c(/C=C3/C(=O)C4CCN3CC4)cn(C(C)=O)c2c1. The van der Waals surface area contributed by atoms with Crippen LogP contribution in [0.25, 0.3) is 17.0 Å². The van der Waals surface area contributed by atoms with Crippen molar-refractivity contribution in [1.82, 2.24) is 9.47 Å². The van der Waals surface area contributed by atoms with E-state index in [0.29, 0.717) is 11.1 Å². The molecule has 26 heavy (non-hydrogen) atoms. The van der Waals surface area contributed by atoms with E-state index in [1.165, 1.54) is 18.6 Å². The van der Waals surface area contributed by atoms with Crippen molar-refractivity contribution in [3.8, 4) is 0 Å². The molecule has 0 amide bonds. The lowest BCUT2D eigenvalue weighted by Crippen LogP contribution is -2.45. The summed E-state index contributed by atoms with van der Waals surface area (Å²) < 4.78 is 6.27. The number of esters is 1. The second kappa shape index (κ2) is 6.12. The van der Waals surface area contributed by atoms with Crippen molar-refractivity contribution >= 4 is 34.6 Å².